The van der Waals surface area contributed by atoms with E-state index in [-0.39, 0.29) is 13.0 Å². The van der Waals surface area contributed by atoms with Crippen LogP contribution in [-0.4, -0.2) is 17.6 Å². The third-order valence-electron chi connectivity index (χ3n) is 4.80. The summed E-state index contributed by atoms with van der Waals surface area (Å²) in [6.45, 7) is 2.31. The van der Waals surface area contributed by atoms with Crippen molar-refractivity contribution in [1.29, 1.82) is 0 Å². The maximum atomic E-state index is 13.6. The summed E-state index contributed by atoms with van der Waals surface area (Å²) < 4.78 is 27.2. The maximum Gasteiger partial charge on any atom is 0.257 e. The zero-order valence-corrected chi connectivity index (χ0v) is 16.4. The highest BCUT2D eigenvalue weighted by Crippen LogP contribution is 2.19. The lowest BCUT2D eigenvalue weighted by Crippen LogP contribution is -2.27. The average molecular weight is 389 g/mol. The molecule has 0 spiro atoms. The molecule has 2 rings (SSSR count). The van der Waals surface area contributed by atoms with E-state index in [1.54, 1.807) is 0 Å². The Morgan fingerprint density at radius 2 is 1.71 bits per heavy atom. The monoisotopic (exact) mass is 389 g/mol. The van der Waals surface area contributed by atoms with Crippen LogP contribution < -0.4 is 5.32 Å². The zero-order chi connectivity index (χ0) is 20.4. The number of amides is 1. The minimum absolute atomic E-state index is 0.120. The molecular formula is C23H29F2NO2. The van der Waals surface area contributed by atoms with Gasteiger partial charge in [-0.3, -0.25) is 4.79 Å². The van der Waals surface area contributed by atoms with Crippen molar-refractivity contribution in [2.75, 3.05) is 6.54 Å². The fraction of sp³-hybridized carbons (Fsp3) is 0.435. The van der Waals surface area contributed by atoms with E-state index in [0.717, 1.165) is 30.5 Å². The first-order valence-corrected chi connectivity index (χ1v) is 10.0. The second-order valence-electron chi connectivity index (χ2n) is 7.07. The van der Waals surface area contributed by atoms with E-state index in [1.165, 1.54) is 37.3 Å². The highest BCUT2D eigenvalue weighted by atomic mass is 19.1. The first-order valence-electron chi connectivity index (χ1n) is 10.0. The van der Waals surface area contributed by atoms with Crippen LogP contribution in [0.5, 0.6) is 0 Å². The number of halogens is 2. The van der Waals surface area contributed by atoms with E-state index in [1.807, 2.05) is 18.2 Å². The molecule has 0 aliphatic rings. The molecule has 3 nitrogen and oxygen atoms in total. The summed E-state index contributed by atoms with van der Waals surface area (Å²) in [6, 6.07) is 11.1. The normalized spacial score (nSPS) is 12.0. The van der Waals surface area contributed by atoms with Gasteiger partial charge in [-0.05, 0) is 42.5 Å². The van der Waals surface area contributed by atoms with Gasteiger partial charge in [-0.15, -0.1) is 0 Å². The Labute approximate surface area is 165 Å². The summed E-state index contributed by atoms with van der Waals surface area (Å²) in [6.07, 6.45) is 6.58. The average Bonchev–Trinajstić information content (AvgIpc) is 2.68. The third kappa shape index (κ3) is 6.71. The predicted molar refractivity (Wildman–Crippen MR) is 107 cm³/mol. The van der Waals surface area contributed by atoms with Crippen LogP contribution in [-0.2, 0) is 6.42 Å². The molecule has 5 heteroatoms. The lowest BCUT2D eigenvalue weighted by Gasteiger charge is -2.13. The highest BCUT2D eigenvalue weighted by molar-refractivity contribution is 5.94. The van der Waals surface area contributed by atoms with Crippen LogP contribution in [0.15, 0.2) is 42.5 Å². The smallest absolute Gasteiger partial charge is 0.257 e. The molecular weight excluding hydrogens is 360 g/mol. The zero-order valence-electron chi connectivity index (χ0n) is 16.4. The first kappa shape index (κ1) is 22.0. The van der Waals surface area contributed by atoms with Gasteiger partial charge in [0.2, 0.25) is 0 Å². The molecule has 0 heterocycles. The molecule has 0 radical (unpaired) electrons. The molecule has 0 aromatic heterocycles. The lowest BCUT2D eigenvalue weighted by atomic mass is 10.00. The Kier molecular flexibility index (Phi) is 9.08. The van der Waals surface area contributed by atoms with Crippen molar-refractivity contribution in [3.8, 4) is 0 Å². The van der Waals surface area contributed by atoms with E-state index in [0.29, 0.717) is 0 Å². The second-order valence-corrected chi connectivity index (χ2v) is 7.07. The van der Waals surface area contributed by atoms with Gasteiger partial charge in [-0.25, -0.2) is 8.78 Å². The molecule has 2 aromatic rings. The largest absolute Gasteiger partial charge is 0.388 e. The summed E-state index contributed by atoms with van der Waals surface area (Å²) in [7, 11) is 0. The fourth-order valence-corrected chi connectivity index (χ4v) is 3.18. The molecule has 28 heavy (non-hydrogen) atoms. The van der Waals surface area contributed by atoms with Crippen LogP contribution in [0, 0.1) is 11.6 Å². The quantitative estimate of drug-likeness (QED) is 0.510. The van der Waals surface area contributed by atoms with Crippen molar-refractivity contribution in [3.63, 3.8) is 0 Å². The van der Waals surface area contributed by atoms with Crippen molar-refractivity contribution < 1.29 is 18.7 Å². The number of nitrogens with one attached hydrogen (secondary N) is 1. The van der Waals surface area contributed by atoms with Crippen LogP contribution in [0.25, 0.3) is 0 Å². The number of carbonyl (C=O) groups is 1. The Morgan fingerprint density at radius 1 is 1.04 bits per heavy atom. The lowest BCUT2D eigenvalue weighted by molar-refractivity contribution is 0.0934. The van der Waals surface area contributed by atoms with Crippen LogP contribution >= 0.6 is 0 Å². The summed E-state index contributed by atoms with van der Waals surface area (Å²) in [4.78, 5) is 12.0. The highest BCUT2D eigenvalue weighted by Gasteiger charge is 2.17. The van der Waals surface area contributed by atoms with E-state index in [9.17, 15) is 18.7 Å². The molecule has 0 saturated heterocycles. The summed E-state index contributed by atoms with van der Waals surface area (Å²) in [5, 5.41) is 12.9. The van der Waals surface area contributed by atoms with Gasteiger partial charge in [-0.2, -0.15) is 0 Å². The third-order valence-corrected chi connectivity index (χ3v) is 4.80. The number of hydrogen-bond acceptors (Lipinski definition) is 2. The Hall–Kier alpha value is -2.27. The van der Waals surface area contributed by atoms with Gasteiger partial charge < -0.3 is 10.4 Å². The Balaban J connectivity index is 1.82. The van der Waals surface area contributed by atoms with Crippen molar-refractivity contribution in [3.05, 3.63) is 70.8 Å². The molecule has 0 aliphatic heterocycles. The van der Waals surface area contributed by atoms with Crippen LogP contribution in [0.2, 0.25) is 0 Å². The maximum absolute atomic E-state index is 13.6. The van der Waals surface area contributed by atoms with Crippen molar-refractivity contribution in [2.24, 2.45) is 0 Å². The van der Waals surface area contributed by atoms with Gasteiger partial charge >= 0.3 is 0 Å². The standard InChI is InChI=1S/C23H29F2NO2/c1-2-3-4-5-6-9-17-10-7-11-18(16-17)21(27)14-15-26-23(28)22-19(24)12-8-13-20(22)25/h7-8,10-13,16,21,27H,2-6,9,14-15H2,1H3,(H,26,28). The van der Waals surface area contributed by atoms with E-state index < -0.39 is 29.2 Å². The van der Waals surface area contributed by atoms with Gasteiger partial charge in [0.25, 0.3) is 5.91 Å². The van der Waals surface area contributed by atoms with Crippen molar-refractivity contribution in [1.82, 2.24) is 5.32 Å². The Morgan fingerprint density at radius 3 is 2.43 bits per heavy atom. The van der Waals surface area contributed by atoms with Gasteiger partial charge in [-0.1, -0.05) is 62.9 Å². The molecule has 152 valence electrons. The SMILES string of the molecule is CCCCCCCc1cccc(C(O)CCNC(=O)c2c(F)cccc2F)c1. The number of aryl methyl sites for hydroxylation is 1. The number of aliphatic hydroxyl groups is 1. The van der Waals surface area contributed by atoms with E-state index >= 15 is 0 Å². The topological polar surface area (TPSA) is 49.3 Å². The Bertz CT molecular complexity index is 744. The molecule has 0 saturated carbocycles. The molecule has 0 fully saturated rings. The number of rotatable bonds is 11. The van der Waals surface area contributed by atoms with Crippen molar-refractivity contribution in [2.45, 2.75) is 58.0 Å². The summed E-state index contributed by atoms with van der Waals surface area (Å²) >= 11 is 0. The van der Waals surface area contributed by atoms with E-state index in [4.69, 9.17) is 0 Å². The minimum atomic E-state index is -0.898. The second kappa shape index (κ2) is 11.5. The molecule has 0 bridgehead atoms. The molecule has 1 amide bonds. The number of carbonyl (C=O) groups excluding carboxylic acids is 1. The summed E-state index contributed by atoms with van der Waals surface area (Å²) in [5.74, 6) is -2.61. The number of hydrogen-bond donors (Lipinski definition) is 2. The fourth-order valence-electron chi connectivity index (χ4n) is 3.18. The number of unbranched alkanes of at least 4 members (excludes halogenated alkanes) is 4. The van der Waals surface area contributed by atoms with Gasteiger partial charge in [0.15, 0.2) is 0 Å². The first-order chi connectivity index (χ1) is 13.5. The molecule has 2 aromatic carbocycles. The molecule has 1 atom stereocenters. The van der Waals surface area contributed by atoms with Crippen LogP contribution in [0.1, 0.15) is 73.0 Å². The van der Waals surface area contributed by atoms with E-state index in [2.05, 4.69) is 18.3 Å². The molecule has 2 N–H and O–H groups in total. The minimum Gasteiger partial charge on any atom is -0.388 e. The molecule has 0 aliphatic carbocycles. The molecule has 1 unspecified atom stereocenters. The van der Waals surface area contributed by atoms with Gasteiger partial charge in [0.05, 0.1) is 6.10 Å². The van der Waals surface area contributed by atoms with Gasteiger partial charge in [0.1, 0.15) is 17.2 Å². The van der Waals surface area contributed by atoms with Crippen LogP contribution in [0.4, 0.5) is 8.78 Å². The predicted octanol–water partition coefficient (Wildman–Crippen LogP) is 5.33. The number of benzene rings is 2. The number of aliphatic hydroxyl groups excluding tert-OH is 1. The van der Waals surface area contributed by atoms with Crippen LogP contribution in [0.3, 0.4) is 0 Å². The summed E-state index contributed by atoms with van der Waals surface area (Å²) in [5.41, 5.74) is 1.38. The van der Waals surface area contributed by atoms with Gasteiger partial charge in [0, 0.05) is 6.54 Å². The van der Waals surface area contributed by atoms with Crippen molar-refractivity contribution >= 4 is 5.91 Å².